The molecule has 0 aliphatic carbocycles. The molecular weight excluding hydrogens is 258 g/mol. The van der Waals surface area contributed by atoms with E-state index in [-0.39, 0.29) is 0 Å². The topological polar surface area (TPSA) is 28.2 Å². The SMILES string of the molecule is Cc1ccncc1CNc1cccc(Cl)c1N(C)C. The van der Waals surface area contributed by atoms with Crippen LogP contribution in [0.5, 0.6) is 0 Å². The standard InChI is InChI=1S/C15H18ClN3/c1-11-7-8-17-9-12(11)10-18-14-6-4-5-13(16)15(14)19(2)3/h4-9,18H,10H2,1-3H3. The van der Waals surface area contributed by atoms with E-state index in [9.17, 15) is 0 Å². The normalized spacial score (nSPS) is 10.3. The second-order valence-electron chi connectivity index (χ2n) is 4.69. The molecule has 0 saturated carbocycles. The molecule has 0 unspecified atom stereocenters. The van der Waals surface area contributed by atoms with Crippen molar-refractivity contribution in [3.05, 3.63) is 52.8 Å². The molecule has 0 radical (unpaired) electrons. The minimum absolute atomic E-state index is 0.737. The lowest BCUT2D eigenvalue weighted by Gasteiger charge is -2.20. The van der Waals surface area contributed by atoms with Gasteiger partial charge in [-0.15, -0.1) is 0 Å². The van der Waals surface area contributed by atoms with E-state index in [0.717, 1.165) is 22.9 Å². The monoisotopic (exact) mass is 275 g/mol. The Balaban J connectivity index is 2.21. The average Bonchev–Trinajstić information content (AvgIpc) is 2.37. The maximum absolute atomic E-state index is 6.24. The molecule has 0 bridgehead atoms. The van der Waals surface area contributed by atoms with Crippen LogP contribution in [0, 0.1) is 6.92 Å². The van der Waals surface area contributed by atoms with Gasteiger partial charge in [-0.05, 0) is 36.2 Å². The predicted octanol–water partition coefficient (Wildman–Crippen LogP) is 3.72. The summed E-state index contributed by atoms with van der Waals surface area (Å²) in [4.78, 5) is 6.17. The number of halogens is 1. The largest absolute Gasteiger partial charge is 0.379 e. The molecule has 2 rings (SSSR count). The Morgan fingerprint density at radius 1 is 1.26 bits per heavy atom. The molecule has 0 atom stereocenters. The number of hydrogen-bond donors (Lipinski definition) is 1. The molecule has 0 saturated heterocycles. The lowest BCUT2D eigenvalue weighted by molar-refractivity contribution is 1.07. The van der Waals surface area contributed by atoms with Gasteiger partial charge in [-0.1, -0.05) is 17.7 Å². The van der Waals surface area contributed by atoms with Crippen LogP contribution in [0.15, 0.2) is 36.7 Å². The van der Waals surface area contributed by atoms with Gasteiger partial charge >= 0.3 is 0 Å². The summed E-state index contributed by atoms with van der Waals surface area (Å²) in [6, 6.07) is 7.90. The molecule has 0 amide bonds. The maximum atomic E-state index is 6.24. The van der Waals surface area contributed by atoms with Crippen LogP contribution in [0.3, 0.4) is 0 Å². The van der Waals surface area contributed by atoms with Crippen LogP contribution in [0.4, 0.5) is 11.4 Å². The number of pyridine rings is 1. The van der Waals surface area contributed by atoms with Crippen molar-refractivity contribution in [2.24, 2.45) is 0 Å². The Morgan fingerprint density at radius 2 is 2.05 bits per heavy atom. The van der Waals surface area contributed by atoms with Gasteiger partial charge in [-0.25, -0.2) is 0 Å². The molecule has 2 aromatic rings. The van der Waals surface area contributed by atoms with Crippen molar-refractivity contribution in [1.29, 1.82) is 0 Å². The number of aryl methyl sites for hydroxylation is 1. The number of aromatic nitrogens is 1. The third-order valence-corrected chi connectivity index (χ3v) is 3.36. The second kappa shape index (κ2) is 5.93. The maximum Gasteiger partial charge on any atom is 0.0786 e. The van der Waals surface area contributed by atoms with Crippen LogP contribution < -0.4 is 10.2 Å². The van der Waals surface area contributed by atoms with E-state index >= 15 is 0 Å². The van der Waals surface area contributed by atoms with Crippen LogP contribution in [-0.2, 0) is 6.54 Å². The second-order valence-corrected chi connectivity index (χ2v) is 5.09. The molecule has 1 N–H and O–H groups in total. The fraction of sp³-hybridized carbons (Fsp3) is 0.267. The molecule has 0 spiro atoms. The summed E-state index contributed by atoms with van der Waals surface area (Å²) in [5, 5.41) is 4.17. The fourth-order valence-electron chi connectivity index (χ4n) is 1.98. The summed E-state index contributed by atoms with van der Waals surface area (Å²) >= 11 is 6.24. The van der Waals surface area contributed by atoms with Crippen molar-refractivity contribution in [3.8, 4) is 0 Å². The third kappa shape index (κ3) is 3.18. The van der Waals surface area contributed by atoms with Crippen LogP contribution >= 0.6 is 11.6 Å². The van der Waals surface area contributed by atoms with Crippen molar-refractivity contribution in [1.82, 2.24) is 4.98 Å². The first-order valence-electron chi connectivity index (χ1n) is 6.19. The van der Waals surface area contributed by atoms with Gasteiger partial charge in [0.05, 0.1) is 16.4 Å². The number of rotatable bonds is 4. The number of nitrogens with zero attached hydrogens (tertiary/aromatic N) is 2. The summed E-state index contributed by atoms with van der Waals surface area (Å²) in [7, 11) is 3.98. The first-order chi connectivity index (χ1) is 9.09. The van der Waals surface area contributed by atoms with Crippen molar-refractivity contribution >= 4 is 23.0 Å². The molecule has 1 aromatic carbocycles. The molecule has 0 fully saturated rings. The van der Waals surface area contributed by atoms with Gasteiger partial charge in [0, 0.05) is 33.0 Å². The average molecular weight is 276 g/mol. The van der Waals surface area contributed by atoms with Crippen molar-refractivity contribution < 1.29 is 0 Å². The lowest BCUT2D eigenvalue weighted by Crippen LogP contribution is -2.13. The van der Waals surface area contributed by atoms with Crippen LogP contribution in [0.25, 0.3) is 0 Å². The van der Waals surface area contributed by atoms with Gasteiger partial charge in [0.15, 0.2) is 0 Å². The van der Waals surface area contributed by atoms with E-state index in [2.05, 4.69) is 17.2 Å². The van der Waals surface area contributed by atoms with Crippen LogP contribution in [-0.4, -0.2) is 19.1 Å². The summed E-state index contributed by atoms with van der Waals surface area (Å²) in [6.07, 6.45) is 3.70. The van der Waals surface area contributed by atoms with E-state index < -0.39 is 0 Å². The number of nitrogens with one attached hydrogen (secondary N) is 1. The number of anilines is 2. The first-order valence-corrected chi connectivity index (χ1v) is 6.56. The molecule has 100 valence electrons. The van der Waals surface area contributed by atoms with E-state index in [1.165, 1.54) is 11.1 Å². The Hall–Kier alpha value is -1.74. The summed E-state index contributed by atoms with van der Waals surface area (Å²) in [5.74, 6) is 0. The highest BCUT2D eigenvalue weighted by Crippen LogP contribution is 2.32. The lowest BCUT2D eigenvalue weighted by atomic mass is 10.1. The highest BCUT2D eigenvalue weighted by Gasteiger charge is 2.09. The summed E-state index contributed by atoms with van der Waals surface area (Å²) < 4.78 is 0. The Kier molecular flexibility index (Phi) is 4.27. The van der Waals surface area contributed by atoms with Gasteiger partial charge < -0.3 is 10.2 Å². The van der Waals surface area contributed by atoms with Gasteiger partial charge in [-0.3, -0.25) is 4.98 Å². The summed E-state index contributed by atoms with van der Waals surface area (Å²) in [6.45, 7) is 2.82. The fourth-order valence-corrected chi connectivity index (χ4v) is 2.33. The van der Waals surface area contributed by atoms with E-state index in [1.54, 1.807) is 0 Å². The van der Waals surface area contributed by atoms with Crippen LogP contribution in [0.2, 0.25) is 5.02 Å². The third-order valence-electron chi connectivity index (χ3n) is 3.05. The van der Waals surface area contributed by atoms with E-state index in [4.69, 9.17) is 11.6 Å². The van der Waals surface area contributed by atoms with Gasteiger partial charge in [0.2, 0.25) is 0 Å². The van der Waals surface area contributed by atoms with Gasteiger partial charge in [-0.2, -0.15) is 0 Å². The smallest absolute Gasteiger partial charge is 0.0786 e. The summed E-state index contributed by atoms with van der Waals surface area (Å²) in [5.41, 5.74) is 4.45. The Bertz CT molecular complexity index is 567. The zero-order valence-corrected chi connectivity index (χ0v) is 12.2. The van der Waals surface area contributed by atoms with E-state index in [1.807, 2.05) is 55.7 Å². The van der Waals surface area contributed by atoms with Crippen LogP contribution in [0.1, 0.15) is 11.1 Å². The molecule has 4 heteroatoms. The minimum Gasteiger partial charge on any atom is -0.379 e. The van der Waals surface area contributed by atoms with Crippen molar-refractivity contribution in [2.45, 2.75) is 13.5 Å². The van der Waals surface area contributed by atoms with Crippen molar-refractivity contribution in [3.63, 3.8) is 0 Å². The van der Waals surface area contributed by atoms with Gasteiger partial charge in [0.1, 0.15) is 0 Å². The molecule has 19 heavy (non-hydrogen) atoms. The highest BCUT2D eigenvalue weighted by atomic mass is 35.5. The minimum atomic E-state index is 0.737. The molecule has 1 aromatic heterocycles. The zero-order valence-electron chi connectivity index (χ0n) is 11.4. The van der Waals surface area contributed by atoms with Crippen molar-refractivity contribution in [2.75, 3.05) is 24.3 Å². The van der Waals surface area contributed by atoms with E-state index in [0.29, 0.717) is 0 Å². The highest BCUT2D eigenvalue weighted by molar-refractivity contribution is 6.34. The number of para-hydroxylation sites is 1. The van der Waals surface area contributed by atoms with Gasteiger partial charge in [0.25, 0.3) is 0 Å². The Morgan fingerprint density at radius 3 is 2.74 bits per heavy atom. The molecule has 0 aliphatic heterocycles. The zero-order chi connectivity index (χ0) is 13.8. The predicted molar refractivity (Wildman–Crippen MR) is 82.1 cm³/mol. The number of hydrogen-bond acceptors (Lipinski definition) is 3. The molecule has 1 heterocycles. The first kappa shape index (κ1) is 13.7. The number of benzene rings is 1. The molecular formula is C15H18ClN3. The quantitative estimate of drug-likeness (QED) is 0.922. The molecule has 0 aliphatic rings. The Labute approximate surface area is 119 Å². The molecule has 3 nitrogen and oxygen atoms in total.